The van der Waals surface area contributed by atoms with Crippen LogP contribution < -0.4 is 5.32 Å². The molecule has 2 aromatic carbocycles. The second-order valence-corrected chi connectivity index (χ2v) is 6.36. The summed E-state index contributed by atoms with van der Waals surface area (Å²) >= 11 is 5.91. The molecule has 0 bridgehead atoms. The fraction of sp³-hybridized carbons (Fsp3) is 0.0500. The Hall–Kier alpha value is -3.38. The first-order valence-electron chi connectivity index (χ1n) is 8.37. The van der Waals surface area contributed by atoms with Crippen LogP contribution in [0.25, 0.3) is 11.4 Å². The first-order chi connectivity index (χ1) is 13.2. The molecule has 4 aromatic rings. The number of carbonyl (C=O) groups is 1. The largest absolute Gasteiger partial charge is 0.348 e. The van der Waals surface area contributed by atoms with Crippen molar-refractivity contribution in [2.24, 2.45) is 0 Å². The van der Waals surface area contributed by atoms with Gasteiger partial charge in [0.25, 0.3) is 5.91 Å². The zero-order valence-corrected chi connectivity index (χ0v) is 15.0. The van der Waals surface area contributed by atoms with Crippen molar-refractivity contribution in [2.75, 3.05) is 0 Å². The third-order valence-electron chi connectivity index (χ3n) is 4.08. The van der Waals surface area contributed by atoms with Crippen LogP contribution in [-0.2, 0) is 6.54 Å². The van der Waals surface area contributed by atoms with Crippen LogP contribution in [0, 0.1) is 0 Å². The Balaban J connectivity index is 1.47. The molecule has 27 heavy (non-hydrogen) atoms. The van der Waals surface area contributed by atoms with Gasteiger partial charge in [0.05, 0.1) is 23.1 Å². The Morgan fingerprint density at radius 1 is 1.00 bits per heavy atom. The summed E-state index contributed by atoms with van der Waals surface area (Å²) in [6.45, 7) is 0.375. The van der Waals surface area contributed by atoms with Crippen LogP contribution in [0.4, 0.5) is 0 Å². The van der Waals surface area contributed by atoms with Crippen molar-refractivity contribution in [1.82, 2.24) is 24.9 Å². The summed E-state index contributed by atoms with van der Waals surface area (Å²) in [5.74, 6) is -0.166. The van der Waals surface area contributed by atoms with Gasteiger partial charge in [-0.3, -0.25) is 4.79 Å². The molecule has 0 fully saturated rings. The molecule has 0 aliphatic heterocycles. The zero-order valence-electron chi connectivity index (χ0n) is 14.3. The Bertz CT molecular complexity index is 1050. The summed E-state index contributed by atoms with van der Waals surface area (Å²) in [4.78, 5) is 12.7. The molecule has 4 rings (SSSR count). The van der Waals surface area contributed by atoms with Crippen LogP contribution in [0.2, 0.25) is 5.02 Å². The smallest absolute Gasteiger partial charge is 0.253 e. The minimum atomic E-state index is -0.166. The summed E-state index contributed by atoms with van der Waals surface area (Å²) in [6.07, 6.45) is 7.10. The fourth-order valence-electron chi connectivity index (χ4n) is 2.74. The number of amides is 1. The van der Waals surface area contributed by atoms with Gasteiger partial charge in [-0.05, 0) is 42.5 Å². The van der Waals surface area contributed by atoms with Crippen molar-refractivity contribution in [1.29, 1.82) is 0 Å². The van der Waals surface area contributed by atoms with Crippen LogP contribution in [0.3, 0.4) is 0 Å². The van der Waals surface area contributed by atoms with Crippen LogP contribution in [-0.4, -0.2) is 25.5 Å². The van der Waals surface area contributed by atoms with Crippen LogP contribution in [0.5, 0.6) is 0 Å². The van der Waals surface area contributed by atoms with E-state index in [-0.39, 0.29) is 5.91 Å². The van der Waals surface area contributed by atoms with E-state index in [4.69, 9.17) is 11.6 Å². The van der Waals surface area contributed by atoms with E-state index in [9.17, 15) is 4.79 Å². The Kier molecular flexibility index (Phi) is 4.72. The Labute approximate surface area is 161 Å². The van der Waals surface area contributed by atoms with Gasteiger partial charge in [0.15, 0.2) is 0 Å². The van der Waals surface area contributed by atoms with E-state index < -0.39 is 0 Å². The van der Waals surface area contributed by atoms with Gasteiger partial charge >= 0.3 is 0 Å². The summed E-state index contributed by atoms with van der Waals surface area (Å²) in [7, 11) is 0. The topological polar surface area (TPSA) is 64.7 Å². The van der Waals surface area contributed by atoms with Gasteiger partial charge in [-0.1, -0.05) is 23.7 Å². The summed E-state index contributed by atoms with van der Waals surface area (Å²) in [5.41, 5.74) is 3.10. The second-order valence-electron chi connectivity index (χ2n) is 5.92. The molecule has 0 saturated carbocycles. The Morgan fingerprint density at radius 2 is 1.81 bits per heavy atom. The molecule has 1 amide bonds. The molecule has 0 atom stereocenters. The zero-order chi connectivity index (χ0) is 18.6. The lowest BCUT2D eigenvalue weighted by atomic mass is 10.1. The molecule has 134 valence electrons. The highest BCUT2D eigenvalue weighted by Gasteiger charge is 2.12. The number of benzene rings is 2. The lowest BCUT2D eigenvalue weighted by Gasteiger charge is -2.09. The number of halogens is 1. The van der Waals surface area contributed by atoms with E-state index in [0.29, 0.717) is 17.1 Å². The minimum Gasteiger partial charge on any atom is -0.348 e. The van der Waals surface area contributed by atoms with Gasteiger partial charge in [-0.15, -0.1) is 0 Å². The maximum Gasteiger partial charge on any atom is 0.253 e. The summed E-state index contributed by atoms with van der Waals surface area (Å²) < 4.78 is 3.42. The Morgan fingerprint density at radius 3 is 2.59 bits per heavy atom. The van der Waals surface area contributed by atoms with Crippen molar-refractivity contribution in [3.63, 3.8) is 0 Å². The summed E-state index contributed by atoms with van der Waals surface area (Å²) in [5, 5.41) is 12.2. The van der Waals surface area contributed by atoms with Gasteiger partial charge in [-0.2, -0.15) is 10.2 Å². The SMILES string of the molecule is O=C(NCc1cnn(-c2ccc(Cl)cc2)c1)c1ccccc1-n1cccn1. The van der Waals surface area contributed by atoms with E-state index in [0.717, 1.165) is 16.9 Å². The molecule has 0 saturated heterocycles. The van der Waals surface area contributed by atoms with Crippen LogP contribution >= 0.6 is 11.6 Å². The maximum atomic E-state index is 12.7. The van der Waals surface area contributed by atoms with E-state index in [1.54, 1.807) is 27.8 Å². The van der Waals surface area contributed by atoms with Gasteiger partial charge < -0.3 is 5.32 Å². The molecule has 2 aromatic heterocycles. The molecule has 0 radical (unpaired) electrons. The van der Waals surface area contributed by atoms with Crippen molar-refractivity contribution in [3.05, 3.63) is 95.5 Å². The number of nitrogens with zero attached hydrogens (tertiary/aromatic N) is 4. The molecule has 0 spiro atoms. The van der Waals surface area contributed by atoms with Gasteiger partial charge in [0.1, 0.15) is 0 Å². The molecule has 7 heteroatoms. The number of aromatic nitrogens is 4. The van der Waals surface area contributed by atoms with E-state index in [1.165, 1.54) is 0 Å². The van der Waals surface area contributed by atoms with Crippen LogP contribution in [0.1, 0.15) is 15.9 Å². The average molecular weight is 378 g/mol. The third-order valence-corrected chi connectivity index (χ3v) is 4.33. The summed E-state index contributed by atoms with van der Waals surface area (Å²) in [6, 6.07) is 16.6. The minimum absolute atomic E-state index is 0.166. The lowest BCUT2D eigenvalue weighted by molar-refractivity contribution is 0.0951. The van der Waals surface area contributed by atoms with E-state index in [1.807, 2.05) is 60.9 Å². The van der Waals surface area contributed by atoms with Crippen LogP contribution in [0.15, 0.2) is 79.4 Å². The highest BCUT2D eigenvalue weighted by atomic mass is 35.5. The molecular formula is C20H16ClN5O. The molecule has 2 heterocycles. The number of hydrogen-bond acceptors (Lipinski definition) is 3. The molecule has 0 unspecified atom stereocenters. The predicted molar refractivity (Wildman–Crippen MR) is 103 cm³/mol. The lowest BCUT2D eigenvalue weighted by Crippen LogP contribution is -2.24. The van der Waals surface area contributed by atoms with Gasteiger partial charge in [-0.25, -0.2) is 9.36 Å². The van der Waals surface area contributed by atoms with Crippen molar-refractivity contribution in [2.45, 2.75) is 6.54 Å². The second kappa shape index (κ2) is 7.47. The van der Waals surface area contributed by atoms with Crippen molar-refractivity contribution in [3.8, 4) is 11.4 Å². The molecule has 0 aliphatic rings. The van der Waals surface area contributed by atoms with Gasteiger partial charge in [0, 0.05) is 35.7 Å². The molecular weight excluding hydrogens is 362 g/mol. The first-order valence-corrected chi connectivity index (χ1v) is 8.75. The fourth-order valence-corrected chi connectivity index (χ4v) is 2.87. The standard InChI is InChI=1S/C20H16ClN5O/c21-16-6-8-17(9-7-16)26-14-15(13-24-26)12-22-20(27)18-4-1-2-5-19(18)25-11-3-10-23-25/h1-11,13-14H,12H2,(H,22,27). The highest BCUT2D eigenvalue weighted by Crippen LogP contribution is 2.15. The number of hydrogen-bond donors (Lipinski definition) is 1. The first kappa shape index (κ1) is 17.1. The number of rotatable bonds is 5. The number of nitrogens with one attached hydrogen (secondary N) is 1. The quantitative estimate of drug-likeness (QED) is 0.577. The number of para-hydroxylation sites is 1. The maximum absolute atomic E-state index is 12.7. The average Bonchev–Trinajstić information content (AvgIpc) is 3.39. The predicted octanol–water partition coefficient (Wildman–Crippen LogP) is 3.64. The molecule has 1 N–H and O–H groups in total. The molecule has 0 aliphatic carbocycles. The number of carbonyl (C=O) groups excluding carboxylic acids is 1. The van der Waals surface area contributed by atoms with E-state index >= 15 is 0 Å². The van der Waals surface area contributed by atoms with Gasteiger partial charge in [0.2, 0.25) is 0 Å². The monoisotopic (exact) mass is 377 g/mol. The van der Waals surface area contributed by atoms with E-state index in [2.05, 4.69) is 15.5 Å². The molecule has 6 nitrogen and oxygen atoms in total. The normalized spacial score (nSPS) is 10.7. The highest BCUT2D eigenvalue weighted by molar-refractivity contribution is 6.30. The third kappa shape index (κ3) is 3.75. The van der Waals surface area contributed by atoms with Crippen molar-refractivity contribution >= 4 is 17.5 Å². The van der Waals surface area contributed by atoms with Crippen molar-refractivity contribution < 1.29 is 4.79 Å².